The highest BCUT2D eigenvalue weighted by Gasteiger charge is 2.14. The minimum Gasteiger partial charge on any atom is -0.478 e. The second-order valence-electron chi connectivity index (χ2n) is 7.72. The molecule has 2 aromatic carbocycles. The van der Waals surface area contributed by atoms with Crippen LogP contribution in [-0.4, -0.2) is 20.6 Å². The zero-order valence-corrected chi connectivity index (χ0v) is 18.7. The SMILES string of the molecule is CCCCCCc1ncc(/C=C(\Cc2ccccc2)C(=O)O)n1Cc1ccccc1Cl. The summed E-state index contributed by atoms with van der Waals surface area (Å²) in [5.74, 6) is 0.0468. The van der Waals surface area contributed by atoms with Gasteiger partial charge in [0.1, 0.15) is 5.82 Å². The fourth-order valence-corrected chi connectivity index (χ4v) is 3.81. The fourth-order valence-electron chi connectivity index (χ4n) is 3.62. The molecule has 0 atom stereocenters. The second kappa shape index (κ2) is 11.5. The van der Waals surface area contributed by atoms with Crippen molar-refractivity contribution in [3.8, 4) is 0 Å². The lowest BCUT2D eigenvalue weighted by Gasteiger charge is -2.13. The first-order chi connectivity index (χ1) is 15.1. The van der Waals surface area contributed by atoms with Crippen LogP contribution >= 0.6 is 11.6 Å². The highest BCUT2D eigenvalue weighted by Crippen LogP contribution is 2.21. The van der Waals surface area contributed by atoms with Gasteiger partial charge in [-0.1, -0.05) is 86.3 Å². The summed E-state index contributed by atoms with van der Waals surface area (Å²) in [5, 5.41) is 10.5. The van der Waals surface area contributed by atoms with Gasteiger partial charge in [-0.05, 0) is 29.7 Å². The lowest BCUT2D eigenvalue weighted by atomic mass is 10.0. The van der Waals surface area contributed by atoms with Crippen molar-refractivity contribution in [2.45, 2.75) is 52.0 Å². The third-order valence-corrected chi connectivity index (χ3v) is 5.71. The van der Waals surface area contributed by atoms with Crippen LogP contribution in [0.4, 0.5) is 0 Å². The van der Waals surface area contributed by atoms with E-state index in [-0.39, 0.29) is 0 Å². The molecule has 31 heavy (non-hydrogen) atoms. The number of hydrogen-bond donors (Lipinski definition) is 1. The number of carboxylic acid groups (broad SMARTS) is 1. The number of carboxylic acids is 1. The van der Waals surface area contributed by atoms with Crippen LogP contribution in [0.25, 0.3) is 6.08 Å². The number of aliphatic carboxylic acids is 1. The number of aryl methyl sites for hydroxylation is 1. The van der Waals surface area contributed by atoms with Gasteiger partial charge in [0.2, 0.25) is 0 Å². The Kier molecular flexibility index (Phi) is 8.48. The van der Waals surface area contributed by atoms with E-state index >= 15 is 0 Å². The number of hydrogen-bond acceptors (Lipinski definition) is 2. The van der Waals surface area contributed by atoms with E-state index in [1.54, 1.807) is 12.3 Å². The fraction of sp³-hybridized carbons (Fsp3) is 0.308. The van der Waals surface area contributed by atoms with Crippen molar-refractivity contribution in [3.05, 3.63) is 94.0 Å². The van der Waals surface area contributed by atoms with Crippen molar-refractivity contribution >= 4 is 23.6 Å². The number of nitrogens with zero attached hydrogens (tertiary/aromatic N) is 2. The van der Waals surface area contributed by atoms with Crippen LogP contribution in [0.1, 0.15) is 55.3 Å². The Labute approximate surface area is 189 Å². The lowest BCUT2D eigenvalue weighted by molar-refractivity contribution is -0.132. The molecule has 0 saturated carbocycles. The molecule has 162 valence electrons. The molecule has 0 unspecified atom stereocenters. The Balaban J connectivity index is 1.93. The van der Waals surface area contributed by atoms with Gasteiger partial charge in [0.15, 0.2) is 0 Å². The predicted molar refractivity (Wildman–Crippen MR) is 126 cm³/mol. The Morgan fingerprint density at radius 2 is 1.81 bits per heavy atom. The smallest absolute Gasteiger partial charge is 0.331 e. The number of carbonyl (C=O) groups is 1. The number of unbranched alkanes of at least 4 members (excludes halogenated alkanes) is 3. The minimum absolute atomic E-state index is 0.337. The molecule has 4 nitrogen and oxygen atoms in total. The van der Waals surface area contributed by atoms with E-state index in [1.165, 1.54) is 12.8 Å². The Morgan fingerprint density at radius 3 is 2.52 bits per heavy atom. The quantitative estimate of drug-likeness (QED) is 0.279. The first-order valence-corrected chi connectivity index (χ1v) is 11.2. The summed E-state index contributed by atoms with van der Waals surface area (Å²) in [6.45, 7) is 2.76. The van der Waals surface area contributed by atoms with Gasteiger partial charge < -0.3 is 9.67 Å². The Morgan fingerprint density at radius 1 is 1.06 bits per heavy atom. The molecule has 0 bridgehead atoms. The number of rotatable bonds is 11. The number of halogens is 1. The van der Waals surface area contributed by atoms with Crippen LogP contribution in [0.15, 0.2) is 66.4 Å². The molecular weight excluding hydrogens is 408 g/mol. The van der Waals surface area contributed by atoms with Crippen molar-refractivity contribution in [2.24, 2.45) is 0 Å². The third-order valence-electron chi connectivity index (χ3n) is 5.34. The average Bonchev–Trinajstić information content (AvgIpc) is 3.14. The summed E-state index contributed by atoms with van der Waals surface area (Å²) in [6.07, 6.45) is 9.36. The molecule has 0 aliphatic rings. The summed E-state index contributed by atoms with van der Waals surface area (Å²) in [4.78, 5) is 16.6. The van der Waals surface area contributed by atoms with Crippen LogP contribution in [0, 0.1) is 0 Å². The minimum atomic E-state index is -0.918. The van der Waals surface area contributed by atoms with E-state index in [2.05, 4.69) is 16.5 Å². The lowest BCUT2D eigenvalue weighted by Crippen LogP contribution is -2.09. The van der Waals surface area contributed by atoms with Crippen LogP contribution in [0.3, 0.4) is 0 Å². The van der Waals surface area contributed by atoms with Crippen molar-refractivity contribution in [3.63, 3.8) is 0 Å². The van der Waals surface area contributed by atoms with E-state index in [0.29, 0.717) is 23.6 Å². The molecule has 0 aliphatic heterocycles. The third kappa shape index (κ3) is 6.56. The average molecular weight is 437 g/mol. The van der Waals surface area contributed by atoms with Gasteiger partial charge >= 0.3 is 5.97 Å². The number of benzene rings is 2. The zero-order valence-electron chi connectivity index (χ0n) is 17.9. The molecule has 1 N–H and O–H groups in total. The first kappa shape index (κ1) is 22.8. The monoisotopic (exact) mass is 436 g/mol. The van der Waals surface area contributed by atoms with Crippen LogP contribution < -0.4 is 0 Å². The molecular formula is C26H29ClN2O2. The largest absolute Gasteiger partial charge is 0.478 e. The van der Waals surface area contributed by atoms with Gasteiger partial charge in [-0.15, -0.1) is 0 Å². The van der Waals surface area contributed by atoms with Crippen molar-refractivity contribution < 1.29 is 9.90 Å². The molecule has 5 heteroatoms. The topological polar surface area (TPSA) is 55.1 Å². The molecule has 3 rings (SSSR count). The summed E-state index contributed by atoms with van der Waals surface area (Å²) >= 11 is 6.41. The predicted octanol–water partition coefficient (Wildman–Crippen LogP) is 6.42. The van der Waals surface area contributed by atoms with E-state index in [4.69, 9.17) is 11.6 Å². The Hall–Kier alpha value is -2.85. The van der Waals surface area contributed by atoms with Gasteiger partial charge in [-0.2, -0.15) is 0 Å². The summed E-state index contributed by atoms with van der Waals surface area (Å²) in [7, 11) is 0. The van der Waals surface area contributed by atoms with Gasteiger partial charge in [-0.3, -0.25) is 0 Å². The van der Waals surface area contributed by atoms with E-state index in [1.807, 2.05) is 54.6 Å². The zero-order chi connectivity index (χ0) is 22.1. The molecule has 0 radical (unpaired) electrons. The summed E-state index contributed by atoms with van der Waals surface area (Å²) in [5.41, 5.74) is 3.09. The normalized spacial score (nSPS) is 11.6. The molecule has 0 spiro atoms. The highest BCUT2D eigenvalue weighted by molar-refractivity contribution is 6.31. The summed E-state index contributed by atoms with van der Waals surface area (Å²) in [6, 6.07) is 17.4. The standard InChI is InChI=1S/C26H29ClN2O2/c1-2-3-4-8-15-25-28-18-23(29(25)19-21-13-9-10-14-24(21)27)17-22(26(30)31)16-20-11-6-5-7-12-20/h5-7,9-14,17-18H,2-4,8,15-16,19H2,1H3,(H,30,31)/b22-17+. The maximum atomic E-state index is 12.0. The molecule has 0 fully saturated rings. The number of imidazole rings is 1. The molecule has 1 heterocycles. The Bertz CT molecular complexity index is 1020. The van der Waals surface area contributed by atoms with Crippen molar-refractivity contribution in [1.29, 1.82) is 0 Å². The van der Waals surface area contributed by atoms with Gasteiger partial charge in [-0.25, -0.2) is 9.78 Å². The van der Waals surface area contributed by atoms with Gasteiger partial charge in [0, 0.05) is 23.4 Å². The van der Waals surface area contributed by atoms with E-state index in [0.717, 1.165) is 41.9 Å². The number of aromatic nitrogens is 2. The maximum Gasteiger partial charge on any atom is 0.331 e. The van der Waals surface area contributed by atoms with Crippen LogP contribution in [0.5, 0.6) is 0 Å². The van der Waals surface area contributed by atoms with Crippen LogP contribution in [-0.2, 0) is 24.2 Å². The van der Waals surface area contributed by atoms with Gasteiger partial charge in [0.25, 0.3) is 0 Å². The van der Waals surface area contributed by atoms with Gasteiger partial charge in [0.05, 0.1) is 18.4 Å². The first-order valence-electron chi connectivity index (χ1n) is 10.8. The molecule has 1 aromatic heterocycles. The molecule has 3 aromatic rings. The second-order valence-corrected chi connectivity index (χ2v) is 8.13. The molecule has 0 amide bonds. The maximum absolute atomic E-state index is 12.0. The molecule has 0 saturated heterocycles. The van der Waals surface area contributed by atoms with E-state index < -0.39 is 5.97 Å². The van der Waals surface area contributed by atoms with Crippen molar-refractivity contribution in [1.82, 2.24) is 9.55 Å². The van der Waals surface area contributed by atoms with E-state index in [9.17, 15) is 9.90 Å². The summed E-state index contributed by atoms with van der Waals surface area (Å²) < 4.78 is 2.10. The van der Waals surface area contributed by atoms with Crippen LogP contribution in [0.2, 0.25) is 5.02 Å². The van der Waals surface area contributed by atoms with Crippen molar-refractivity contribution in [2.75, 3.05) is 0 Å². The highest BCUT2D eigenvalue weighted by atomic mass is 35.5. The molecule has 0 aliphatic carbocycles.